The van der Waals surface area contributed by atoms with Gasteiger partial charge in [-0.25, -0.2) is 5.01 Å². The first kappa shape index (κ1) is 31.1. The molecule has 1 fully saturated rings. The summed E-state index contributed by atoms with van der Waals surface area (Å²) in [6.45, 7) is 5.86. The molecule has 4 atom stereocenters. The van der Waals surface area contributed by atoms with E-state index in [1.54, 1.807) is 11.0 Å². The third kappa shape index (κ3) is 5.66. The molecule has 3 heterocycles. The van der Waals surface area contributed by atoms with E-state index in [0.29, 0.717) is 55.6 Å². The number of hydrogen-bond donors (Lipinski definition) is 2. The molecular formula is C32H41N3O7Si. The fourth-order valence-corrected chi connectivity index (χ4v) is 9.65. The molecule has 3 aliphatic rings. The van der Waals surface area contributed by atoms with Gasteiger partial charge in [0.2, 0.25) is 5.91 Å². The summed E-state index contributed by atoms with van der Waals surface area (Å²) in [5.74, 6) is -1.06. The van der Waals surface area contributed by atoms with E-state index in [-0.39, 0.29) is 36.4 Å². The second-order valence-corrected chi connectivity index (χ2v) is 16.2. The van der Waals surface area contributed by atoms with Gasteiger partial charge in [-0.3, -0.25) is 14.4 Å². The molecule has 43 heavy (non-hydrogen) atoms. The van der Waals surface area contributed by atoms with E-state index >= 15 is 0 Å². The number of unbranched alkanes of at least 4 members (excludes halogenated alkanes) is 1. The summed E-state index contributed by atoms with van der Waals surface area (Å²) in [7, 11) is -1.50. The van der Waals surface area contributed by atoms with Crippen molar-refractivity contribution in [3.8, 4) is 0 Å². The van der Waals surface area contributed by atoms with Crippen LogP contribution in [0.3, 0.4) is 0 Å². The lowest BCUT2D eigenvalue weighted by atomic mass is 9.82. The number of nitrogens with zero attached hydrogens (tertiary/aromatic N) is 3. The van der Waals surface area contributed by atoms with Crippen LogP contribution < -0.4 is 9.91 Å². The highest BCUT2D eigenvalue weighted by Crippen LogP contribution is 2.60. The molecule has 0 aliphatic carbocycles. The van der Waals surface area contributed by atoms with Crippen molar-refractivity contribution in [1.82, 2.24) is 0 Å². The monoisotopic (exact) mass is 607 g/mol. The molecule has 1 spiro atoms. The molecule has 2 amide bonds. The van der Waals surface area contributed by atoms with Crippen molar-refractivity contribution in [2.24, 2.45) is 11.0 Å². The van der Waals surface area contributed by atoms with Gasteiger partial charge >= 0.3 is 5.97 Å². The normalized spacial score (nSPS) is 25.3. The standard InChI is InChI=1S/C32H41N3O7Si/c1-21-30(43(3,4)40)27(17-19-36)42-32(21)24-20-23(35-28(37)16-14-25(33-35)22-10-6-5-7-11-22)13-15-26(24)34(31(32)39)18-9-8-12-29(38)41-2/h5-7,10-11,13,15,20-21,27,30,36,40H,8-9,12,14,16-19H2,1-4H3/t21-,27+,30-,32+/m0/s1. The number of fused-ring (bicyclic) bond motifs is 2. The fourth-order valence-electron chi connectivity index (χ4n) is 7.05. The highest BCUT2D eigenvalue weighted by molar-refractivity contribution is 6.71. The number of carbonyl (C=O) groups excluding carboxylic acids is 3. The van der Waals surface area contributed by atoms with E-state index in [1.165, 1.54) is 12.1 Å². The van der Waals surface area contributed by atoms with Crippen molar-refractivity contribution in [2.75, 3.05) is 30.2 Å². The van der Waals surface area contributed by atoms with Crippen LogP contribution in [-0.2, 0) is 29.5 Å². The second kappa shape index (κ2) is 12.3. The van der Waals surface area contributed by atoms with Crippen LogP contribution in [0.25, 0.3) is 0 Å². The summed E-state index contributed by atoms with van der Waals surface area (Å²) >= 11 is 0. The molecule has 2 aromatic rings. The Labute approximate surface area is 253 Å². The molecule has 230 valence electrons. The van der Waals surface area contributed by atoms with E-state index in [9.17, 15) is 24.3 Å². The van der Waals surface area contributed by atoms with Crippen LogP contribution in [0, 0.1) is 5.92 Å². The average molecular weight is 608 g/mol. The Morgan fingerprint density at radius 1 is 1.14 bits per heavy atom. The Bertz CT molecular complexity index is 1410. The number of anilines is 2. The minimum Gasteiger partial charge on any atom is -0.469 e. The van der Waals surface area contributed by atoms with E-state index in [2.05, 4.69) is 0 Å². The molecule has 0 aromatic heterocycles. The van der Waals surface area contributed by atoms with Gasteiger partial charge < -0.3 is 24.3 Å². The van der Waals surface area contributed by atoms with Crippen molar-refractivity contribution >= 4 is 43.2 Å². The minimum absolute atomic E-state index is 0.133. The molecule has 1 saturated heterocycles. The van der Waals surface area contributed by atoms with Gasteiger partial charge in [0, 0.05) is 49.4 Å². The predicted molar refractivity (Wildman–Crippen MR) is 165 cm³/mol. The first-order valence-corrected chi connectivity index (χ1v) is 18.1. The Kier molecular flexibility index (Phi) is 8.89. The molecule has 3 aliphatic heterocycles. The Hall–Kier alpha value is -3.38. The first-order chi connectivity index (χ1) is 20.5. The average Bonchev–Trinajstić information content (AvgIpc) is 3.42. The Balaban J connectivity index is 1.57. The molecule has 10 nitrogen and oxygen atoms in total. The van der Waals surface area contributed by atoms with Crippen LogP contribution in [0.5, 0.6) is 0 Å². The number of benzene rings is 2. The van der Waals surface area contributed by atoms with Crippen LogP contribution in [0.4, 0.5) is 11.4 Å². The number of methoxy groups -OCH3 is 1. The van der Waals surface area contributed by atoms with Crippen molar-refractivity contribution in [3.63, 3.8) is 0 Å². The quantitative estimate of drug-likeness (QED) is 0.237. The zero-order chi connectivity index (χ0) is 30.9. The molecule has 2 aromatic carbocycles. The number of hydrogen-bond acceptors (Lipinski definition) is 8. The van der Waals surface area contributed by atoms with Gasteiger partial charge in [-0.15, -0.1) is 0 Å². The number of esters is 1. The zero-order valence-corrected chi connectivity index (χ0v) is 26.3. The van der Waals surface area contributed by atoms with Gasteiger partial charge in [0.05, 0.1) is 30.3 Å². The molecule has 0 unspecified atom stereocenters. The second-order valence-electron chi connectivity index (χ2n) is 12.2. The topological polar surface area (TPSA) is 129 Å². The maximum Gasteiger partial charge on any atom is 0.305 e. The molecular weight excluding hydrogens is 566 g/mol. The molecule has 0 saturated carbocycles. The van der Waals surface area contributed by atoms with Gasteiger partial charge in [0.1, 0.15) is 0 Å². The van der Waals surface area contributed by atoms with Crippen molar-refractivity contribution in [3.05, 3.63) is 59.7 Å². The number of hydrazone groups is 1. The highest BCUT2D eigenvalue weighted by Gasteiger charge is 2.66. The number of amides is 2. The molecule has 0 bridgehead atoms. The van der Waals surface area contributed by atoms with Crippen LogP contribution in [-0.4, -0.2) is 68.1 Å². The minimum atomic E-state index is -2.85. The van der Waals surface area contributed by atoms with E-state index in [1.807, 2.05) is 62.5 Å². The number of carbonyl (C=O) groups is 3. The summed E-state index contributed by atoms with van der Waals surface area (Å²) in [6.07, 6.45) is 2.01. The zero-order valence-electron chi connectivity index (χ0n) is 25.3. The van der Waals surface area contributed by atoms with E-state index in [0.717, 1.165) is 11.3 Å². The fraction of sp³-hybridized carbons (Fsp3) is 0.500. The van der Waals surface area contributed by atoms with Crippen LogP contribution in [0.15, 0.2) is 53.6 Å². The maximum atomic E-state index is 14.5. The molecule has 0 radical (unpaired) electrons. The third-order valence-corrected chi connectivity index (χ3v) is 11.5. The number of rotatable bonds is 10. The molecule has 5 rings (SSSR count). The van der Waals surface area contributed by atoms with Crippen molar-refractivity contribution in [2.45, 2.75) is 75.8 Å². The predicted octanol–water partition coefficient (Wildman–Crippen LogP) is 4.09. The third-order valence-electron chi connectivity index (χ3n) is 9.01. The van der Waals surface area contributed by atoms with Crippen LogP contribution in [0.1, 0.15) is 56.6 Å². The Morgan fingerprint density at radius 3 is 2.56 bits per heavy atom. The summed E-state index contributed by atoms with van der Waals surface area (Å²) in [4.78, 5) is 52.4. The lowest BCUT2D eigenvalue weighted by molar-refractivity contribution is -0.146. The lowest BCUT2D eigenvalue weighted by Gasteiger charge is -2.32. The summed E-state index contributed by atoms with van der Waals surface area (Å²) < 4.78 is 11.5. The SMILES string of the molecule is COC(=O)CCCCN1C(=O)[C@]2(O[C@H](CCO)[C@@H]([Si](C)(C)O)[C@@H]2C)c2cc(N3N=C(c4ccccc4)CCC3=O)ccc21. The van der Waals surface area contributed by atoms with Crippen molar-refractivity contribution in [1.29, 1.82) is 0 Å². The smallest absolute Gasteiger partial charge is 0.305 e. The number of ether oxygens (including phenoxy) is 2. The lowest BCUT2D eigenvalue weighted by Crippen LogP contribution is -2.46. The summed E-state index contributed by atoms with van der Waals surface area (Å²) in [5.41, 5.74) is 1.90. The van der Waals surface area contributed by atoms with E-state index < -0.39 is 25.9 Å². The molecule has 2 N–H and O–H groups in total. The van der Waals surface area contributed by atoms with Crippen molar-refractivity contribution < 1.29 is 33.8 Å². The summed E-state index contributed by atoms with van der Waals surface area (Å²) in [6, 6.07) is 15.2. The van der Waals surface area contributed by atoms with Gasteiger partial charge in [-0.2, -0.15) is 5.10 Å². The molecule has 11 heteroatoms. The van der Waals surface area contributed by atoms with E-state index in [4.69, 9.17) is 14.6 Å². The highest BCUT2D eigenvalue weighted by atomic mass is 28.4. The van der Waals surface area contributed by atoms with Gasteiger partial charge in [0.15, 0.2) is 13.9 Å². The van der Waals surface area contributed by atoms with Gasteiger partial charge in [-0.1, -0.05) is 37.3 Å². The summed E-state index contributed by atoms with van der Waals surface area (Å²) in [5, 5.41) is 16.0. The number of aliphatic hydroxyl groups excluding tert-OH is 1. The van der Waals surface area contributed by atoms with Gasteiger partial charge in [0.25, 0.3) is 5.91 Å². The maximum absolute atomic E-state index is 14.5. The first-order valence-electron chi connectivity index (χ1n) is 15.0. The largest absolute Gasteiger partial charge is 0.469 e. The van der Waals surface area contributed by atoms with Gasteiger partial charge in [-0.05, 0) is 56.1 Å². The van der Waals surface area contributed by atoms with Crippen LogP contribution in [0.2, 0.25) is 18.6 Å². The number of aliphatic hydroxyl groups is 1. The Morgan fingerprint density at radius 2 is 1.88 bits per heavy atom. The van der Waals surface area contributed by atoms with Crippen LogP contribution >= 0.6 is 0 Å².